The topological polar surface area (TPSA) is 59.0 Å². The van der Waals surface area contributed by atoms with Crippen LogP contribution >= 0.6 is 0 Å². The molecule has 21 heavy (non-hydrogen) atoms. The van der Waals surface area contributed by atoms with E-state index in [4.69, 9.17) is 9.99 Å². The zero-order chi connectivity index (χ0) is 15.6. The average molecular weight is 291 g/mol. The van der Waals surface area contributed by atoms with Crippen LogP contribution in [0, 0.1) is 0 Å². The predicted molar refractivity (Wildman–Crippen MR) is 78.4 cm³/mol. The Bertz CT molecular complexity index is 526. The van der Waals surface area contributed by atoms with E-state index in [1.165, 1.54) is 0 Å². The Balaban J connectivity index is 2.32. The lowest BCUT2D eigenvalue weighted by atomic mass is 10.0. The molecular formula is C16H21NO4. The lowest BCUT2D eigenvalue weighted by Crippen LogP contribution is -2.46. The number of hydrogen-bond acceptors (Lipinski definition) is 4. The number of ether oxygens (including phenoxy) is 1. The molecule has 0 aromatic heterocycles. The second-order valence-electron chi connectivity index (χ2n) is 5.63. The Kier molecular flexibility index (Phi) is 4.46. The standard InChI is InChI=1S/C16H21NO4/c1-11(12(2)21-19)15(18)17-14(10-20-16(17,3)4)13-8-6-5-7-9-13/h5-9,12,14,19H,1,10H2,2-4H3/t12?,14-/m1/s1. The van der Waals surface area contributed by atoms with Crippen molar-refractivity contribution in [2.45, 2.75) is 38.6 Å². The molecule has 1 amide bonds. The highest BCUT2D eigenvalue weighted by Crippen LogP contribution is 2.37. The van der Waals surface area contributed by atoms with Crippen molar-refractivity contribution in [2.24, 2.45) is 0 Å². The maximum atomic E-state index is 12.7. The summed E-state index contributed by atoms with van der Waals surface area (Å²) in [6, 6.07) is 9.53. The first-order valence-corrected chi connectivity index (χ1v) is 6.90. The summed E-state index contributed by atoms with van der Waals surface area (Å²) in [5, 5.41) is 8.75. The van der Waals surface area contributed by atoms with E-state index in [2.05, 4.69) is 11.5 Å². The quantitative estimate of drug-likeness (QED) is 0.526. The fraction of sp³-hybridized carbons (Fsp3) is 0.438. The van der Waals surface area contributed by atoms with E-state index >= 15 is 0 Å². The van der Waals surface area contributed by atoms with Crippen LogP contribution in [0.4, 0.5) is 0 Å². The molecule has 0 spiro atoms. The summed E-state index contributed by atoms with van der Waals surface area (Å²) in [4.78, 5) is 18.6. The second-order valence-corrected chi connectivity index (χ2v) is 5.63. The van der Waals surface area contributed by atoms with Crippen LogP contribution < -0.4 is 0 Å². The second kappa shape index (κ2) is 5.97. The molecule has 2 rings (SSSR count). The number of benzene rings is 1. The molecule has 0 saturated carbocycles. The molecule has 1 saturated heterocycles. The Labute approximate surface area is 124 Å². The lowest BCUT2D eigenvalue weighted by Gasteiger charge is -2.35. The van der Waals surface area contributed by atoms with Gasteiger partial charge in [0.1, 0.15) is 11.8 Å². The molecule has 1 aliphatic rings. The minimum Gasteiger partial charge on any atom is -0.354 e. The monoisotopic (exact) mass is 291 g/mol. The molecule has 1 aromatic rings. The van der Waals surface area contributed by atoms with Gasteiger partial charge in [0.15, 0.2) is 0 Å². The minimum atomic E-state index is -0.759. The first-order chi connectivity index (χ1) is 9.88. The maximum Gasteiger partial charge on any atom is 0.254 e. The maximum absolute atomic E-state index is 12.7. The SMILES string of the molecule is C=C(C(=O)N1[C@@H](c2ccccc2)COC1(C)C)C(C)OO. The number of nitrogens with zero attached hydrogens (tertiary/aromatic N) is 1. The van der Waals surface area contributed by atoms with Crippen LogP contribution in [0.25, 0.3) is 0 Å². The third kappa shape index (κ3) is 3.00. The Morgan fingerprint density at radius 1 is 1.48 bits per heavy atom. The van der Waals surface area contributed by atoms with E-state index in [1.54, 1.807) is 11.8 Å². The van der Waals surface area contributed by atoms with Gasteiger partial charge in [-0.3, -0.25) is 10.1 Å². The fourth-order valence-electron chi connectivity index (χ4n) is 2.50. The van der Waals surface area contributed by atoms with E-state index < -0.39 is 11.8 Å². The van der Waals surface area contributed by atoms with Crippen molar-refractivity contribution in [3.63, 3.8) is 0 Å². The Morgan fingerprint density at radius 3 is 2.67 bits per heavy atom. The fourth-order valence-corrected chi connectivity index (χ4v) is 2.50. The van der Waals surface area contributed by atoms with Gasteiger partial charge in [0, 0.05) is 5.57 Å². The molecule has 1 aromatic carbocycles. The van der Waals surface area contributed by atoms with Gasteiger partial charge in [-0.1, -0.05) is 36.9 Å². The number of carbonyl (C=O) groups excluding carboxylic acids is 1. The van der Waals surface area contributed by atoms with Gasteiger partial charge in [-0.2, -0.15) is 0 Å². The summed E-state index contributed by atoms with van der Waals surface area (Å²) in [5.74, 6) is -0.284. The average Bonchev–Trinajstić information content (AvgIpc) is 2.81. The van der Waals surface area contributed by atoms with Crippen molar-refractivity contribution < 1.29 is 19.7 Å². The van der Waals surface area contributed by atoms with Gasteiger partial charge >= 0.3 is 0 Å². The third-order valence-corrected chi connectivity index (χ3v) is 3.81. The normalized spacial score (nSPS) is 22.1. The van der Waals surface area contributed by atoms with Gasteiger partial charge in [-0.25, -0.2) is 4.89 Å². The Morgan fingerprint density at radius 2 is 2.10 bits per heavy atom. The van der Waals surface area contributed by atoms with E-state index in [9.17, 15) is 4.79 Å². The largest absolute Gasteiger partial charge is 0.354 e. The number of amides is 1. The van der Waals surface area contributed by atoms with Crippen LogP contribution in [0.1, 0.15) is 32.4 Å². The van der Waals surface area contributed by atoms with Crippen molar-refractivity contribution in [2.75, 3.05) is 6.61 Å². The van der Waals surface area contributed by atoms with Crippen LogP contribution in [0.15, 0.2) is 42.5 Å². The summed E-state index contributed by atoms with van der Waals surface area (Å²) < 4.78 is 5.77. The minimum absolute atomic E-state index is 0.184. The van der Waals surface area contributed by atoms with Gasteiger partial charge < -0.3 is 9.64 Å². The molecule has 0 aliphatic carbocycles. The smallest absolute Gasteiger partial charge is 0.254 e. The zero-order valence-electron chi connectivity index (χ0n) is 12.6. The van der Waals surface area contributed by atoms with Crippen LogP contribution in [-0.2, 0) is 14.4 Å². The molecule has 1 heterocycles. The first-order valence-electron chi connectivity index (χ1n) is 6.90. The van der Waals surface area contributed by atoms with Gasteiger partial charge in [0.25, 0.3) is 5.91 Å². The van der Waals surface area contributed by atoms with Gasteiger partial charge in [-0.05, 0) is 26.3 Å². The Hall–Kier alpha value is -1.69. The molecular weight excluding hydrogens is 270 g/mol. The van der Waals surface area contributed by atoms with Crippen LogP contribution in [0.2, 0.25) is 0 Å². The zero-order valence-corrected chi connectivity index (χ0v) is 12.6. The predicted octanol–water partition coefficient (Wildman–Crippen LogP) is 2.76. The third-order valence-electron chi connectivity index (χ3n) is 3.81. The molecule has 5 heteroatoms. The molecule has 0 radical (unpaired) electrons. The van der Waals surface area contributed by atoms with Gasteiger partial charge in [0.2, 0.25) is 0 Å². The summed E-state index contributed by atoms with van der Waals surface area (Å²) in [5.41, 5.74) is 0.453. The molecule has 1 unspecified atom stereocenters. The molecule has 5 nitrogen and oxygen atoms in total. The highest BCUT2D eigenvalue weighted by Gasteiger charge is 2.45. The van der Waals surface area contributed by atoms with Crippen LogP contribution in [-0.4, -0.2) is 34.5 Å². The highest BCUT2D eigenvalue weighted by atomic mass is 17.1. The van der Waals surface area contributed by atoms with Crippen molar-refractivity contribution in [3.8, 4) is 0 Å². The van der Waals surface area contributed by atoms with Gasteiger partial charge in [-0.15, -0.1) is 0 Å². The lowest BCUT2D eigenvalue weighted by molar-refractivity contribution is -0.264. The molecule has 114 valence electrons. The summed E-state index contributed by atoms with van der Waals surface area (Å²) in [6.07, 6.45) is -0.759. The number of hydrogen-bond donors (Lipinski definition) is 1. The van der Waals surface area contributed by atoms with E-state index in [-0.39, 0.29) is 17.5 Å². The van der Waals surface area contributed by atoms with Crippen molar-refractivity contribution in [1.29, 1.82) is 0 Å². The van der Waals surface area contributed by atoms with Crippen molar-refractivity contribution in [3.05, 3.63) is 48.0 Å². The van der Waals surface area contributed by atoms with E-state index in [1.807, 2.05) is 44.2 Å². The number of carbonyl (C=O) groups is 1. The first kappa shape index (κ1) is 15.7. The van der Waals surface area contributed by atoms with Gasteiger partial charge in [0.05, 0.1) is 12.6 Å². The molecule has 1 aliphatic heterocycles. The molecule has 2 atom stereocenters. The number of rotatable bonds is 4. The van der Waals surface area contributed by atoms with Crippen LogP contribution in [0.5, 0.6) is 0 Å². The van der Waals surface area contributed by atoms with Crippen molar-refractivity contribution in [1.82, 2.24) is 4.90 Å². The van der Waals surface area contributed by atoms with E-state index in [0.29, 0.717) is 6.61 Å². The summed E-state index contributed by atoms with van der Waals surface area (Å²) in [7, 11) is 0. The summed E-state index contributed by atoms with van der Waals surface area (Å²) >= 11 is 0. The molecule has 1 fully saturated rings. The summed E-state index contributed by atoms with van der Waals surface area (Å²) in [6.45, 7) is 9.40. The van der Waals surface area contributed by atoms with Crippen LogP contribution in [0.3, 0.4) is 0 Å². The highest BCUT2D eigenvalue weighted by molar-refractivity contribution is 5.94. The van der Waals surface area contributed by atoms with E-state index in [0.717, 1.165) is 5.56 Å². The van der Waals surface area contributed by atoms with Crippen molar-refractivity contribution >= 4 is 5.91 Å². The molecule has 1 N–H and O–H groups in total. The molecule has 0 bridgehead atoms.